The second-order valence-electron chi connectivity index (χ2n) is 5.84. The van der Waals surface area contributed by atoms with E-state index < -0.39 is 15.9 Å². The Morgan fingerprint density at radius 1 is 0.893 bits per heavy atom. The van der Waals surface area contributed by atoms with E-state index in [1.54, 1.807) is 24.3 Å². The van der Waals surface area contributed by atoms with E-state index in [1.807, 2.05) is 30.3 Å². The van der Waals surface area contributed by atoms with Crippen LogP contribution >= 0.6 is 11.6 Å². The van der Waals surface area contributed by atoms with E-state index in [2.05, 4.69) is 10.2 Å². The predicted octanol–water partition coefficient (Wildman–Crippen LogP) is 4.00. The third kappa shape index (κ3) is 5.32. The van der Waals surface area contributed by atoms with Crippen molar-refractivity contribution in [3.05, 3.63) is 95.0 Å². The highest BCUT2D eigenvalue weighted by Gasteiger charge is 2.15. The molecule has 0 aromatic heterocycles. The molecule has 1 amide bonds. The van der Waals surface area contributed by atoms with Crippen LogP contribution in [0.25, 0.3) is 0 Å². The highest BCUT2D eigenvalue weighted by Crippen LogP contribution is 2.18. The summed E-state index contributed by atoms with van der Waals surface area (Å²) in [4.78, 5) is 17.3. The number of rotatable bonds is 7. The number of carbonyl (C=O) groups excluding carboxylic acids is 1. The smallest absolute Gasteiger partial charge is 0.274 e. The number of hydrogen-bond donors (Lipinski definition) is 2. The van der Waals surface area contributed by atoms with Crippen LogP contribution in [0.1, 0.15) is 15.9 Å². The van der Waals surface area contributed by atoms with Crippen LogP contribution in [0, 0.1) is 0 Å². The monoisotopic (exact) mass is 416 g/mol. The molecule has 0 fully saturated rings. The Hall–Kier alpha value is -2.87. The Kier molecular flexibility index (Phi) is 6.30. The van der Waals surface area contributed by atoms with Gasteiger partial charge >= 0.3 is 0 Å². The van der Waals surface area contributed by atoms with Gasteiger partial charge in [0, 0.05) is 16.3 Å². The Labute approximate surface area is 168 Å². The molecule has 6 nitrogen and oxygen atoms in total. The molecule has 0 heterocycles. The Balaban J connectivity index is 1.60. The molecule has 0 unspecified atom stereocenters. The van der Waals surface area contributed by atoms with Crippen LogP contribution in [0.5, 0.6) is 0 Å². The van der Waals surface area contributed by atoms with Crippen LogP contribution in [-0.4, -0.2) is 14.3 Å². The molecule has 0 aliphatic heterocycles. The lowest BCUT2D eigenvalue weighted by atomic mass is 10.2. The summed E-state index contributed by atoms with van der Waals surface area (Å²) in [6.07, 6.45) is 0. The van der Waals surface area contributed by atoms with Crippen LogP contribution in [0.3, 0.4) is 0 Å². The minimum Gasteiger partial charge on any atom is -0.280 e. The van der Waals surface area contributed by atoms with Crippen molar-refractivity contribution in [2.75, 3.05) is 4.72 Å². The van der Waals surface area contributed by atoms with Crippen LogP contribution in [0.4, 0.5) is 5.69 Å². The summed E-state index contributed by atoms with van der Waals surface area (Å²) in [6, 6.07) is 21.2. The quantitative estimate of drug-likeness (QED) is 0.570. The molecule has 0 bridgehead atoms. The Bertz CT molecular complexity index is 1040. The molecule has 0 aliphatic rings. The van der Waals surface area contributed by atoms with Gasteiger partial charge in [-0.15, -0.1) is 0 Å². The summed E-state index contributed by atoms with van der Waals surface area (Å²) < 4.78 is 27.3. The third-order valence-electron chi connectivity index (χ3n) is 3.77. The fourth-order valence-electron chi connectivity index (χ4n) is 2.34. The normalized spacial score (nSPS) is 11.0. The molecule has 2 N–H and O–H groups in total. The number of amides is 1. The number of hydrogen-bond acceptors (Lipinski definition) is 4. The molecule has 0 atom stereocenters. The molecule has 0 spiro atoms. The largest absolute Gasteiger partial charge is 0.280 e. The van der Waals surface area contributed by atoms with Crippen molar-refractivity contribution in [3.63, 3.8) is 0 Å². The van der Waals surface area contributed by atoms with Crippen LogP contribution in [-0.2, 0) is 21.5 Å². The first-order chi connectivity index (χ1) is 13.4. The van der Waals surface area contributed by atoms with Gasteiger partial charge in [-0.1, -0.05) is 41.9 Å². The maximum absolute atomic E-state index is 12.4. The third-order valence-corrected chi connectivity index (χ3v) is 5.42. The molecule has 28 heavy (non-hydrogen) atoms. The number of anilines is 1. The molecule has 8 heteroatoms. The van der Waals surface area contributed by atoms with Gasteiger partial charge in [-0.25, -0.2) is 13.9 Å². The first-order valence-corrected chi connectivity index (χ1v) is 10.1. The summed E-state index contributed by atoms with van der Waals surface area (Å²) >= 11 is 5.79. The topological polar surface area (TPSA) is 84.5 Å². The van der Waals surface area contributed by atoms with Crippen molar-refractivity contribution in [2.24, 2.45) is 0 Å². The van der Waals surface area contributed by atoms with Gasteiger partial charge in [0.1, 0.15) is 0 Å². The van der Waals surface area contributed by atoms with Crippen molar-refractivity contribution in [2.45, 2.75) is 11.5 Å². The SMILES string of the molecule is O=C(NOCc1ccccc1)c1ccc(S(=O)(=O)Nc2ccc(Cl)cc2)cc1. The fourth-order valence-corrected chi connectivity index (χ4v) is 3.52. The lowest BCUT2D eigenvalue weighted by molar-refractivity contribution is 0.0233. The average Bonchev–Trinajstić information content (AvgIpc) is 2.70. The van der Waals surface area contributed by atoms with Gasteiger partial charge in [0.2, 0.25) is 0 Å². The Morgan fingerprint density at radius 3 is 2.18 bits per heavy atom. The van der Waals surface area contributed by atoms with Gasteiger partial charge in [0.15, 0.2) is 0 Å². The Morgan fingerprint density at radius 2 is 1.54 bits per heavy atom. The van der Waals surface area contributed by atoms with E-state index in [1.165, 1.54) is 24.3 Å². The minimum absolute atomic E-state index is 0.0317. The zero-order valence-electron chi connectivity index (χ0n) is 14.6. The molecule has 0 aliphatic carbocycles. The van der Waals surface area contributed by atoms with E-state index >= 15 is 0 Å². The number of sulfonamides is 1. The number of hydroxylamine groups is 1. The van der Waals surface area contributed by atoms with Crippen LogP contribution in [0.15, 0.2) is 83.8 Å². The van der Waals surface area contributed by atoms with Gasteiger partial charge < -0.3 is 0 Å². The molecule has 0 radical (unpaired) electrons. The maximum Gasteiger partial charge on any atom is 0.274 e. The van der Waals surface area contributed by atoms with Crippen molar-refractivity contribution in [1.29, 1.82) is 0 Å². The molecular weight excluding hydrogens is 400 g/mol. The van der Waals surface area contributed by atoms with Crippen LogP contribution < -0.4 is 10.2 Å². The number of nitrogens with one attached hydrogen (secondary N) is 2. The number of benzene rings is 3. The molecule has 0 saturated carbocycles. The number of carbonyl (C=O) groups is 1. The van der Waals surface area contributed by atoms with E-state index in [-0.39, 0.29) is 17.1 Å². The first-order valence-electron chi connectivity index (χ1n) is 8.28. The van der Waals surface area contributed by atoms with E-state index in [0.717, 1.165) is 5.56 Å². The molecule has 3 aromatic carbocycles. The maximum atomic E-state index is 12.4. The second-order valence-corrected chi connectivity index (χ2v) is 7.96. The molecule has 3 aromatic rings. The van der Waals surface area contributed by atoms with Gasteiger partial charge in [0.25, 0.3) is 15.9 Å². The van der Waals surface area contributed by atoms with Gasteiger partial charge in [0.05, 0.1) is 11.5 Å². The lowest BCUT2D eigenvalue weighted by Crippen LogP contribution is -2.23. The predicted molar refractivity (Wildman–Crippen MR) is 107 cm³/mol. The summed E-state index contributed by atoms with van der Waals surface area (Å²) in [7, 11) is -3.78. The van der Waals surface area contributed by atoms with Crippen molar-refractivity contribution in [3.8, 4) is 0 Å². The van der Waals surface area contributed by atoms with E-state index in [0.29, 0.717) is 10.7 Å². The fraction of sp³-hybridized carbons (Fsp3) is 0.0500. The standard InChI is InChI=1S/C20H17ClN2O4S/c21-17-8-10-18(11-9-17)23-28(25,26)19-12-6-16(7-13-19)20(24)22-27-14-15-4-2-1-3-5-15/h1-13,23H,14H2,(H,22,24). The highest BCUT2D eigenvalue weighted by atomic mass is 35.5. The molecule has 144 valence electrons. The summed E-state index contributed by atoms with van der Waals surface area (Å²) in [5.74, 6) is -0.467. The molecular formula is C20H17ClN2O4S. The van der Waals surface area contributed by atoms with Crippen molar-refractivity contribution >= 4 is 33.2 Å². The van der Waals surface area contributed by atoms with E-state index in [4.69, 9.17) is 16.4 Å². The summed E-state index contributed by atoms with van der Waals surface area (Å²) in [5, 5.41) is 0.507. The highest BCUT2D eigenvalue weighted by molar-refractivity contribution is 7.92. The van der Waals surface area contributed by atoms with Gasteiger partial charge in [-0.3, -0.25) is 14.4 Å². The van der Waals surface area contributed by atoms with Crippen molar-refractivity contribution < 1.29 is 18.0 Å². The van der Waals surface area contributed by atoms with Gasteiger partial charge in [-0.05, 0) is 54.1 Å². The molecule has 3 rings (SSSR count). The second kappa shape index (κ2) is 8.88. The van der Waals surface area contributed by atoms with E-state index in [9.17, 15) is 13.2 Å². The van der Waals surface area contributed by atoms with Crippen molar-refractivity contribution in [1.82, 2.24) is 5.48 Å². The zero-order valence-corrected chi connectivity index (χ0v) is 16.2. The van der Waals surface area contributed by atoms with Gasteiger partial charge in [-0.2, -0.15) is 0 Å². The first kappa shape index (κ1) is 19.9. The van der Waals surface area contributed by atoms with Crippen LogP contribution in [0.2, 0.25) is 5.02 Å². The summed E-state index contributed by atoms with van der Waals surface area (Å²) in [5.41, 5.74) is 3.91. The number of halogens is 1. The molecule has 0 saturated heterocycles. The zero-order chi connectivity index (χ0) is 20.0. The average molecular weight is 417 g/mol. The summed E-state index contributed by atoms with van der Waals surface area (Å²) in [6.45, 7) is 0.226. The lowest BCUT2D eigenvalue weighted by Gasteiger charge is -2.09. The minimum atomic E-state index is -3.78.